The van der Waals surface area contributed by atoms with Crippen molar-refractivity contribution in [2.24, 2.45) is 7.05 Å². The standard InChI is InChI=1S/C24H23N5O2/c1-29-17-25-15-22(29)10-9-20-13-19(27-28-20)8-6-18-7-11-23(14-24(18)30-2)31-16-21-5-3-4-12-26-21/h3-15,17H,16H2,1-2H3,(H,27,28). The molecule has 0 unspecified atom stereocenters. The number of aromatic nitrogens is 5. The van der Waals surface area contributed by atoms with Crippen molar-refractivity contribution < 1.29 is 9.47 Å². The van der Waals surface area contributed by atoms with Crippen molar-refractivity contribution in [3.63, 3.8) is 0 Å². The zero-order chi connectivity index (χ0) is 21.5. The summed E-state index contributed by atoms with van der Waals surface area (Å²) in [6, 6.07) is 13.5. The Bertz CT molecular complexity index is 1190. The van der Waals surface area contributed by atoms with Crippen LogP contribution in [0.5, 0.6) is 11.5 Å². The maximum atomic E-state index is 5.82. The SMILES string of the molecule is COc1cc(OCc2ccccn2)ccc1C=Cc1cc(C=Cc2cncn2C)[nH]n1. The summed E-state index contributed by atoms with van der Waals surface area (Å²) in [5.74, 6) is 1.45. The summed E-state index contributed by atoms with van der Waals surface area (Å²) in [4.78, 5) is 8.37. The number of hydrogen-bond acceptors (Lipinski definition) is 5. The molecule has 3 heterocycles. The molecule has 4 aromatic rings. The summed E-state index contributed by atoms with van der Waals surface area (Å²) in [6.07, 6.45) is 13.2. The van der Waals surface area contributed by atoms with Crippen LogP contribution in [0.15, 0.2) is 61.2 Å². The van der Waals surface area contributed by atoms with Gasteiger partial charge >= 0.3 is 0 Å². The molecule has 7 nitrogen and oxygen atoms in total. The van der Waals surface area contributed by atoms with Gasteiger partial charge in [-0.15, -0.1) is 0 Å². The Labute approximate surface area is 180 Å². The molecule has 0 radical (unpaired) electrons. The molecule has 0 fully saturated rings. The molecule has 0 spiro atoms. The third kappa shape index (κ3) is 5.27. The van der Waals surface area contributed by atoms with Gasteiger partial charge in [0.2, 0.25) is 0 Å². The molecular formula is C24H23N5O2. The van der Waals surface area contributed by atoms with Gasteiger partial charge in [0.1, 0.15) is 18.1 Å². The largest absolute Gasteiger partial charge is 0.496 e. The minimum atomic E-state index is 0.404. The van der Waals surface area contributed by atoms with Crippen LogP contribution in [0.25, 0.3) is 24.3 Å². The molecule has 1 aromatic carbocycles. The van der Waals surface area contributed by atoms with Gasteiger partial charge in [-0.25, -0.2) is 4.98 Å². The second-order valence-corrected chi connectivity index (χ2v) is 6.86. The van der Waals surface area contributed by atoms with Crippen LogP contribution in [-0.2, 0) is 13.7 Å². The van der Waals surface area contributed by atoms with Crippen molar-refractivity contribution in [3.05, 3.63) is 89.5 Å². The zero-order valence-electron chi connectivity index (χ0n) is 17.4. The van der Waals surface area contributed by atoms with Gasteiger partial charge < -0.3 is 14.0 Å². The monoisotopic (exact) mass is 413 g/mol. The predicted molar refractivity (Wildman–Crippen MR) is 121 cm³/mol. The minimum absolute atomic E-state index is 0.404. The molecular weight excluding hydrogens is 390 g/mol. The Morgan fingerprint density at radius 3 is 2.77 bits per heavy atom. The second kappa shape index (κ2) is 9.58. The van der Waals surface area contributed by atoms with Crippen LogP contribution in [0.2, 0.25) is 0 Å². The lowest BCUT2D eigenvalue weighted by Gasteiger charge is -2.09. The third-order valence-electron chi connectivity index (χ3n) is 4.66. The summed E-state index contributed by atoms with van der Waals surface area (Å²) >= 11 is 0. The van der Waals surface area contributed by atoms with E-state index in [2.05, 4.69) is 20.2 Å². The highest BCUT2D eigenvalue weighted by Gasteiger charge is 2.04. The molecule has 0 aliphatic heterocycles. The fraction of sp³-hybridized carbons (Fsp3) is 0.125. The molecule has 0 aliphatic carbocycles. The van der Waals surface area contributed by atoms with Gasteiger partial charge in [0.05, 0.1) is 42.4 Å². The molecule has 0 atom stereocenters. The van der Waals surface area contributed by atoms with Gasteiger partial charge in [-0.3, -0.25) is 10.1 Å². The Kier molecular flexibility index (Phi) is 6.23. The fourth-order valence-corrected chi connectivity index (χ4v) is 2.96. The number of H-pyrrole nitrogens is 1. The van der Waals surface area contributed by atoms with Crippen LogP contribution in [0, 0.1) is 0 Å². The summed E-state index contributed by atoms with van der Waals surface area (Å²) in [7, 11) is 3.60. The Morgan fingerprint density at radius 2 is 2.00 bits per heavy atom. The van der Waals surface area contributed by atoms with Crippen LogP contribution < -0.4 is 9.47 Å². The van der Waals surface area contributed by atoms with E-state index >= 15 is 0 Å². The lowest BCUT2D eigenvalue weighted by Crippen LogP contribution is -1.98. The number of rotatable bonds is 8. The van der Waals surface area contributed by atoms with Gasteiger partial charge in [0.15, 0.2) is 0 Å². The molecule has 0 bridgehead atoms. The topological polar surface area (TPSA) is 77.9 Å². The summed E-state index contributed by atoms with van der Waals surface area (Å²) in [6.45, 7) is 0.404. The molecule has 0 saturated carbocycles. The molecule has 7 heteroatoms. The van der Waals surface area contributed by atoms with E-state index < -0.39 is 0 Å². The summed E-state index contributed by atoms with van der Waals surface area (Å²) in [5.41, 5.74) is 4.55. The first-order valence-corrected chi connectivity index (χ1v) is 9.80. The number of benzene rings is 1. The van der Waals surface area contributed by atoms with Crippen LogP contribution in [-0.4, -0.2) is 31.8 Å². The van der Waals surface area contributed by atoms with E-state index in [4.69, 9.17) is 9.47 Å². The maximum Gasteiger partial charge on any atom is 0.130 e. The first-order valence-electron chi connectivity index (χ1n) is 9.80. The van der Waals surface area contributed by atoms with E-state index in [0.29, 0.717) is 6.61 Å². The summed E-state index contributed by atoms with van der Waals surface area (Å²) in [5, 5.41) is 7.35. The molecule has 156 valence electrons. The quantitative estimate of drug-likeness (QED) is 0.461. The average molecular weight is 413 g/mol. The van der Waals surface area contributed by atoms with Gasteiger partial charge in [0.25, 0.3) is 0 Å². The molecule has 1 N–H and O–H groups in total. The van der Waals surface area contributed by atoms with Gasteiger partial charge in [0, 0.05) is 24.9 Å². The third-order valence-corrected chi connectivity index (χ3v) is 4.66. The smallest absolute Gasteiger partial charge is 0.130 e. The minimum Gasteiger partial charge on any atom is -0.496 e. The number of imidazole rings is 1. The number of ether oxygens (including phenoxy) is 2. The van der Waals surface area contributed by atoms with Crippen molar-refractivity contribution in [2.45, 2.75) is 6.61 Å². The van der Waals surface area contributed by atoms with E-state index in [1.807, 2.05) is 84.6 Å². The number of methoxy groups -OCH3 is 1. The normalized spacial score (nSPS) is 11.4. The predicted octanol–water partition coefficient (Wildman–Crippen LogP) is 4.47. The number of nitrogens with zero attached hydrogens (tertiary/aromatic N) is 4. The van der Waals surface area contributed by atoms with E-state index in [9.17, 15) is 0 Å². The average Bonchev–Trinajstić information content (AvgIpc) is 3.44. The fourth-order valence-electron chi connectivity index (χ4n) is 2.96. The lowest BCUT2D eigenvalue weighted by molar-refractivity contribution is 0.299. The highest BCUT2D eigenvalue weighted by molar-refractivity contribution is 5.73. The van der Waals surface area contributed by atoms with Crippen molar-refractivity contribution >= 4 is 24.3 Å². The Hall–Kier alpha value is -4.13. The summed E-state index contributed by atoms with van der Waals surface area (Å²) < 4.78 is 13.3. The number of aromatic amines is 1. The number of pyridine rings is 1. The lowest BCUT2D eigenvalue weighted by atomic mass is 10.1. The zero-order valence-corrected chi connectivity index (χ0v) is 17.4. The Morgan fingerprint density at radius 1 is 1.06 bits per heavy atom. The maximum absolute atomic E-state index is 5.82. The number of aryl methyl sites for hydroxylation is 1. The molecule has 3 aromatic heterocycles. The number of nitrogens with one attached hydrogen (secondary N) is 1. The van der Waals surface area contributed by atoms with Gasteiger partial charge in [-0.1, -0.05) is 6.07 Å². The van der Waals surface area contributed by atoms with Crippen molar-refractivity contribution in [1.29, 1.82) is 0 Å². The van der Waals surface area contributed by atoms with Crippen LogP contribution in [0.4, 0.5) is 0 Å². The van der Waals surface area contributed by atoms with E-state index in [1.54, 1.807) is 19.6 Å². The van der Waals surface area contributed by atoms with Crippen molar-refractivity contribution in [3.8, 4) is 11.5 Å². The van der Waals surface area contributed by atoms with E-state index in [0.717, 1.165) is 39.8 Å². The van der Waals surface area contributed by atoms with Crippen LogP contribution >= 0.6 is 0 Å². The van der Waals surface area contributed by atoms with Crippen molar-refractivity contribution in [1.82, 2.24) is 24.7 Å². The molecule has 0 amide bonds. The van der Waals surface area contributed by atoms with E-state index in [-0.39, 0.29) is 0 Å². The molecule has 0 aliphatic rings. The van der Waals surface area contributed by atoms with E-state index in [1.165, 1.54) is 0 Å². The molecule has 31 heavy (non-hydrogen) atoms. The van der Waals surface area contributed by atoms with Crippen LogP contribution in [0.3, 0.4) is 0 Å². The second-order valence-electron chi connectivity index (χ2n) is 6.86. The van der Waals surface area contributed by atoms with Gasteiger partial charge in [-0.2, -0.15) is 5.10 Å². The highest BCUT2D eigenvalue weighted by Crippen LogP contribution is 2.27. The van der Waals surface area contributed by atoms with Crippen LogP contribution in [0.1, 0.15) is 28.3 Å². The first kappa shape index (κ1) is 20.2. The highest BCUT2D eigenvalue weighted by atomic mass is 16.5. The first-order chi connectivity index (χ1) is 15.2. The molecule has 0 saturated heterocycles. The molecule has 4 rings (SSSR count). The van der Waals surface area contributed by atoms with Crippen molar-refractivity contribution in [2.75, 3.05) is 7.11 Å². The Balaban J connectivity index is 1.42. The number of hydrogen-bond donors (Lipinski definition) is 1. The van der Waals surface area contributed by atoms with Gasteiger partial charge in [-0.05, 0) is 54.6 Å².